The molecule has 2 aromatic carbocycles. The highest BCUT2D eigenvalue weighted by atomic mass is 16.5. The van der Waals surface area contributed by atoms with Crippen LogP contribution in [0, 0.1) is 6.92 Å². The van der Waals surface area contributed by atoms with Crippen LogP contribution < -0.4 is 4.74 Å². The molecule has 0 N–H and O–H groups in total. The second-order valence-electron chi connectivity index (χ2n) is 6.15. The van der Waals surface area contributed by atoms with Crippen LogP contribution in [0.25, 0.3) is 11.4 Å². The Balaban J connectivity index is 1.62. The molecular formula is C20H21N3O3. The predicted octanol–water partition coefficient (Wildman–Crippen LogP) is 3.47. The molecule has 3 rings (SSSR count). The molecule has 0 fully saturated rings. The van der Waals surface area contributed by atoms with Gasteiger partial charge in [-0.25, -0.2) is 0 Å². The number of likely N-dealkylation sites (N-methyl/N-ethyl adjacent to an activating group) is 1. The van der Waals surface area contributed by atoms with E-state index in [0.717, 1.165) is 11.1 Å². The maximum absolute atomic E-state index is 12.5. The summed E-state index contributed by atoms with van der Waals surface area (Å²) in [5.41, 5.74) is 2.00. The molecule has 1 amide bonds. The fourth-order valence-corrected chi connectivity index (χ4v) is 2.57. The van der Waals surface area contributed by atoms with Crippen molar-refractivity contribution in [3.63, 3.8) is 0 Å². The molecule has 0 aliphatic carbocycles. The summed E-state index contributed by atoms with van der Waals surface area (Å²) in [4.78, 5) is 18.4. The smallest absolute Gasteiger partial charge is 0.263 e. The number of aromatic nitrogens is 2. The van der Waals surface area contributed by atoms with Gasteiger partial charge in [-0.3, -0.25) is 4.79 Å². The van der Waals surface area contributed by atoms with Crippen LogP contribution in [0.2, 0.25) is 0 Å². The number of nitrogens with zero attached hydrogens (tertiary/aromatic N) is 3. The third kappa shape index (κ3) is 4.27. The summed E-state index contributed by atoms with van der Waals surface area (Å²) in [6.07, 6.45) is -0.610. The lowest BCUT2D eigenvalue weighted by molar-refractivity contribution is -0.137. The monoisotopic (exact) mass is 351 g/mol. The molecule has 0 unspecified atom stereocenters. The molecule has 0 spiro atoms. The summed E-state index contributed by atoms with van der Waals surface area (Å²) < 4.78 is 10.9. The van der Waals surface area contributed by atoms with E-state index in [-0.39, 0.29) is 12.5 Å². The van der Waals surface area contributed by atoms with Crippen LogP contribution >= 0.6 is 0 Å². The van der Waals surface area contributed by atoms with E-state index in [1.54, 1.807) is 14.0 Å². The summed E-state index contributed by atoms with van der Waals surface area (Å²) in [5, 5.41) is 4.00. The SMILES string of the molecule is Cc1cccc(-c2noc(CN(C)C(=O)[C@@H](C)Oc3ccccc3)n2)c1. The summed E-state index contributed by atoms with van der Waals surface area (Å²) in [5.74, 6) is 1.38. The fourth-order valence-electron chi connectivity index (χ4n) is 2.57. The fraction of sp³-hybridized carbons (Fsp3) is 0.250. The number of benzene rings is 2. The van der Waals surface area contributed by atoms with Gasteiger partial charge in [0, 0.05) is 12.6 Å². The van der Waals surface area contributed by atoms with Crippen LogP contribution in [0.1, 0.15) is 18.4 Å². The van der Waals surface area contributed by atoms with Crippen molar-refractivity contribution in [3.05, 3.63) is 66.1 Å². The van der Waals surface area contributed by atoms with Crippen LogP contribution in [0.3, 0.4) is 0 Å². The van der Waals surface area contributed by atoms with Gasteiger partial charge >= 0.3 is 0 Å². The first kappa shape index (κ1) is 17.7. The number of para-hydroxylation sites is 1. The maximum Gasteiger partial charge on any atom is 0.263 e. The van der Waals surface area contributed by atoms with Crippen LogP contribution in [-0.4, -0.2) is 34.1 Å². The molecule has 3 aromatic rings. The Morgan fingerprint density at radius 3 is 2.69 bits per heavy atom. The second kappa shape index (κ2) is 7.82. The summed E-state index contributed by atoms with van der Waals surface area (Å²) in [6, 6.07) is 17.1. The van der Waals surface area contributed by atoms with Gasteiger partial charge in [0.05, 0.1) is 6.54 Å². The molecule has 6 nitrogen and oxygen atoms in total. The van der Waals surface area contributed by atoms with E-state index in [1.165, 1.54) is 4.90 Å². The molecule has 26 heavy (non-hydrogen) atoms. The van der Waals surface area contributed by atoms with Crippen molar-refractivity contribution in [2.45, 2.75) is 26.5 Å². The molecule has 0 saturated carbocycles. The quantitative estimate of drug-likeness (QED) is 0.680. The first-order chi connectivity index (χ1) is 12.5. The largest absolute Gasteiger partial charge is 0.481 e. The zero-order chi connectivity index (χ0) is 18.5. The number of hydrogen-bond donors (Lipinski definition) is 0. The lowest BCUT2D eigenvalue weighted by Gasteiger charge is -2.20. The Kier molecular flexibility index (Phi) is 5.31. The van der Waals surface area contributed by atoms with Gasteiger partial charge in [-0.15, -0.1) is 0 Å². The van der Waals surface area contributed by atoms with Gasteiger partial charge in [-0.1, -0.05) is 47.1 Å². The average Bonchev–Trinajstić information content (AvgIpc) is 3.10. The summed E-state index contributed by atoms with van der Waals surface area (Å²) in [7, 11) is 1.68. The molecule has 1 atom stereocenters. The van der Waals surface area contributed by atoms with Gasteiger partial charge in [0.25, 0.3) is 5.91 Å². The molecular weight excluding hydrogens is 330 g/mol. The highest BCUT2D eigenvalue weighted by Gasteiger charge is 2.21. The third-order valence-corrected chi connectivity index (χ3v) is 3.90. The van der Waals surface area contributed by atoms with Crippen molar-refractivity contribution in [2.24, 2.45) is 0 Å². The first-order valence-electron chi connectivity index (χ1n) is 8.39. The molecule has 1 heterocycles. The van der Waals surface area contributed by atoms with Crippen molar-refractivity contribution in [1.82, 2.24) is 15.0 Å². The van der Waals surface area contributed by atoms with E-state index in [0.29, 0.717) is 17.5 Å². The zero-order valence-electron chi connectivity index (χ0n) is 15.0. The first-order valence-corrected chi connectivity index (χ1v) is 8.39. The van der Waals surface area contributed by atoms with Gasteiger partial charge in [0.1, 0.15) is 5.75 Å². The maximum atomic E-state index is 12.5. The van der Waals surface area contributed by atoms with Gasteiger partial charge in [0.15, 0.2) is 6.10 Å². The number of hydrogen-bond acceptors (Lipinski definition) is 5. The molecule has 6 heteroatoms. The number of carbonyl (C=O) groups excluding carboxylic acids is 1. The Labute approximate surface area is 152 Å². The number of ether oxygens (including phenoxy) is 1. The molecule has 134 valence electrons. The van der Waals surface area contributed by atoms with Gasteiger partial charge in [-0.05, 0) is 32.0 Å². The minimum Gasteiger partial charge on any atom is -0.481 e. The Morgan fingerprint density at radius 2 is 1.96 bits per heavy atom. The van der Waals surface area contributed by atoms with Gasteiger partial charge in [0.2, 0.25) is 11.7 Å². The number of rotatable bonds is 6. The van der Waals surface area contributed by atoms with Crippen molar-refractivity contribution < 1.29 is 14.1 Å². The Hall–Kier alpha value is -3.15. The van der Waals surface area contributed by atoms with Crippen LogP contribution in [-0.2, 0) is 11.3 Å². The Morgan fingerprint density at radius 1 is 1.19 bits per heavy atom. The lowest BCUT2D eigenvalue weighted by Crippen LogP contribution is -2.37. The van der Waals surface area contributed by atoms with E-state index in [9.17, 15) is 4.79 Å². The minimum absolute atomic E-state index is 0.163. The molecule has 0 radical (unpaired) electrons. The van der Waals surface area contributed by atoms with Gasteiger partial charge < -0.3 is 14.2 Å². The highest BCUT2D eigenvalue weighted by molar-refractivity contribution is 5.80. The van der Waals surface area contributed by atoms with Crippen LogP contribution in [0.4, 0.5) is 0 Å². The standard InChI is InChI=1S/C20H21N3O3/c1-14-8-7-9-16(12-14)19-21-18(26-22-19)13-23(3)20(24)15(2)25-17-10-5-4-6-11-17/h4-12,15H,13H2,1-3H3/t15-/m1/s1. The Bertz CT molecular complexity index is 877. The van der Waals surface area contributed by atoms with Gasteiger partial charge in [-0.2, -0.15) is 4.98 Å². The predicted molar refractivity (Wildman–Crippen MR) is 97.5 cm³/mol. The lowest BCUT2D eigenvalue weighted by atomic mass is 10.1. The van der Waals surface area contributed by atoms with Crippen molar-refractivity contribution >= 4 is 5.91 Å². The molecule has 0 aliphatic rings. The molecule has 0 saturated heterocycles. The molecule has 0 aliphatic heterocycles. The van der Waals surface area contributed by atoms with E-state index in [2.05, 4.69) is 10.1 Å². The topological polar surface area (TPSA) is 68.5 Å². The van der Waals surface area contributed by atoms with E-state index in [1.807, 2.05) is 61.5 Å². The van der Waals surface area contributed by atoms with Crippen LogP contribution in [0.15, 0.2) is 59.1 Å². The number of aryl methyl sites for hydroxylation is 1. The average molecular weight is 351 g/mol. The number of amides is 1. The van der Waals surface area contributed by atoms with Crippen LogP contribution in [0.5, 0.6) is 5.75 Å². The third-order valence-electron chi connectivity index (χ3n) is 3.90. The second-order valence-corrected chi connectivity index (χ2v) is 6.15. The normalized spacial score (nSPS) is 11.8. The van der Waals surface area contributed by atoms with E-state index < -0.39 is 6.10 Å². The van der Waals surface area contributed by atoms with Crippen molar-refractivity contribution in [2.75, 3.05) is 7.05 Å². The number of carbonyl (C=O) groups is 1. The minimum atomic E-state index is -0.610. The molecule has 0 bridgehead atoms. The zero-order valence-corrected chi connectivity index (χ0v) is 15.0. The summed E-state index contributed by atoms with van der Waals surface area (Å²) >= 11 is 0. The summed E-state index contributed by atoms with van der Waals surface area (Å²) in [6.45, 7) is 3.95. The van der Waals surface area contributed by atoms with Crippen molar-refractivity contribution in [1.29, 1.82) is 0 Å². The van der Waals surface area contributed by atoms with Crippen molar-refractivity contribution in [3.8, 4) is 17.1 Å². The van der Waals surface area contributed by atoms with E-state index in [4.69, 9.17) is 9.26 Å². The highest BCUT2D eigenvalue weighted by Crippen LogP contribution is 2.18. The van der Waals surface area contributed by atoms with E-state index >= 15 is 0 Å². The molecule has 1 aromatic heterocycles.